The van der Waals surface area contributed by atoms with E-state index in [1.165, 1.54) is 0 Å². The Morgan fingerprint density at radius 3 is 1.53 bits per heavy atom. The molecule has 0 spiro atoms. The number of aliphatic hydroxyl groups is 2. The van der Waals surface area contributed by atoms with Gasteiger partial charge in [0.1, 0.15) is 0 Å². The van der Waals surface area contributed by atoms with E-state index in [4.69, 9.17) is 9.47 Å². The van der Waals surface area contributed by atoms with Crippen LogP contribution in [-0.4, -0.2) is 107 Å². The van der Waals surface area contributed by atoms with Gasteiger partial charge in [0.05, 0.1) is 62.8 Å². The molecule has 0 amide bonds. The van der Waals surface area contributed by atoms with Gasteiger partial charge in [-0.25, -0.2) is 4.79 Å². The van der Waals surface area contributed by atoms with Crippen LogP contribution in [0.2, 0.25) is 0 Å². The summed E-state index contributed by atoms with van der Waals surface area (Å²) in [4.78, 5) is 17.5. The van der Waals surface area contributed by atoms with Crippen molar-refractivity contribution < 1.29 is 19.7 Å². The summed E-state index contributed by atoms with van der Waals surface area (Å²) in [5.74, 6) is 0. The zero-order valence-corrected chi connectivity index (χ0v) is 17.4. The van der Waals surface area contributed by atoms with Gasteiger partial charge in [0.25, 0.3) is 0 Å². The second-order valence-corrected chi connectivity index (χ2v) is 8.13. The molecule has 9 nitrogen and oxygen atoms in total. The molecular weight excluding hydrogens is 388 g/mol. The van der Waals surface area contributed by atoms with Crippen molar-refractivity contribution in [3.05, 3.63) is 34.7 Å². The van der Waals surface area contributed by atoms with Gasteiger partial charge in [-0.05, 0) is 12.1 Å². The van der Waals surface area contributed by atoms with Gasteiger partial charge in [0, 0.05) is 39.3 Å². The highest BCUT2D eigenvalue weighted by molar-refractivity contribution is 5.76. The number of aromatic nitrogens is 2. The standard InChI is InChI=1S/C21H32N4O5/c26-17(13-22-5-9-29-10-6-22)15-24-19-3-1-2-4-20(19)25(21(24)28)16-18(27)14-23-7-11-30-12-8-23/h1-4,17-18,26-27H,5-16H2/t17-,18+. The van der Waals surface area contributed by atoms with Crippen molar-refractivity contribution >= 4 is 11.0 Å². The van der Waals surface area contributed by atoms with Crippen molar-refractivity contribution in [1.82, 2.24) is 18.9 Å². The van der Waals surface area contributed by atoms with Crippen molar-refractivity contribution in [3.8, 4) is 0 Å². The first-order valence-corrected chi connectivity index (χ1v) is 10.8. The molecule has 0 bridgehead atoms. The van der Waals surface area contributed by atoms with Crippen LogP contribution in [0.15, 0.2) is 29.1 Å². The number of para-hydroxylation sites is 2. The zero-order valence-electron chi connectivity index (χ0n) is 17.4. The van der Waals surface area contributed by atoms with E-state index in [2.05, 4.69) is 9.80 Å². The molecule has 0 saturated carbocycles. The maximum absolute atomic E-state index is 13.2. The third-order valence-electron chi connectivity index (χ3n) is 5.86. The van der Waals surface area contributed by atoms with Gasteiger partial charge in [-0.15, -0.1) is 0 Å². The Balaban J connectivity index is 1.48. The molecular formula is C21H32N4O5. The first-order valence-electron chi connectivity index (χ1n) is 10.8. The molecule has 1 aromatic carbocycles. The number of nitrogens with zero attached hydrogens (tertiary/aromatic N) is 4. The molecule has 0 aliphatic carbocycles. The highest BCUT2D eigenvalue weighted by Crippen LogP contribution is 2.15. The second kappa shape index (κ2) is 10.0. The SMILES string of the molecule is O=c1n(C[C@H](O)CN2CCOCC2)c2ccccc2n1C[C@@H](O)CN1CCOCC1. The molecule has 1 aromatic heterocycles. The summed E-state index contributed by atoms with van der Waals surface area (Å²) in [6.07, 6.45) is -1.31. The van der Waals surface area contributed by atoms with E-state index < -0.39 is 12.2 Å². The molecule has 2 fully saturated rings. The molecule has 30 heavy (non-hydrogen) atoms. The average molecular weight is 421 g/mol. The van der Waals surface area contributed by atoms with Crippen molar-refractivity contribution in [2.75, 3.05) is 65.7 Å². The van der Waals surface area contributed by atoms with E-state index in [0.717, 1.165) is 37.2 Å². The van der Waals surface area contributed by atoms with Crippen LogP contribution >= 0.6 is 0 Å². The Kier molecular flexibility index (Phi) is 7.19. The monoisotopic (exact) mass is 420 g/mol. The normalized spacial score (nSPS) is 21.1. The minimum Gasteiger partial charge on any atom is -0.390 e. The maximum Gasteiger partial charge on any atom is 0.329 e. The lowest BCUT2D eigenvalue weighted by molar-refractivity contribution is 0.0107. The van der Waals surface area contributed by atoms with Crippen LogP contribution in [-0.2, 0) is 22.6 Å². The van der Waals surface area contributed by atoms with Gasteiger partial charge in [-0.2, -0.15) is 0 Å². The molecule has 3 heterocycles. The third kappa shape index (κ3) is 5.11. The molecule has 2 saturated heterocycles. The highest BCUT2D eigenvalue weighted by atomic mass is 16.5. The van der Waals surface area contributed by atoms with Crippen LogP contribution < -0.4 is 5.69 Å². The summed E-state index contributed by atoms with van der Waals surface area (Å²) in [5.41, 5.74) is 1.36. The van der Waals surface area contributed by atoms with Crippen LogP contribution in [0.3, 0.4) is 0 Å². The predicted molar refractivity (Wildman–Crippen MR) is 113 cm³/mol. The largest absolute Gasteiger partial charge is 0.390 e. The summed E-state index contributed by atoms with van der Waals surface area (Å²) in [6.45, 7) is 7.34. The van der Waals surface area contributed by atoms with Gasteiger partial charge in [-0.1, -0.05) is 12.1 Å². The Hall–Kier alpha value is -1.75. The lowest BCUT2D eigenvalue weighted by atomic mass is 10.2. The van der Waals surface area contributed by atoms with E-state index in [1.807, 2.05) is 24.3 Å². The number of rotatable bonds is 8. The number of imidazole rings is 1. The minimum absolute atomic E-state index is 0.196. The topological polar surface area (TPSA) is 92.3 Å². The Morgan fingerprint density at radius 1 is 0.733 bits per heavy atom. The van der Waals surface area contributed by atoms with Crippen LogP contribution in [0.25, 0.3) is 11.0 Å². The smallest absolute Gasteiger partial charge is 0.329 e. The summed E-state index contributed by atoms with van der Waals surface area (Å²) < 4.78 is 14.0. The Labute approximate surface area is 176 Å². The summed E-state index contributed by atoms with van der Waals surface area (Å²) in [6, 6.07) is 7.56. The maximum atomic E-state index is 13.2. The summed E-state index contributed by atoms with van der Waals surface area (Å²) >= 11 is 0. The Morgan fingerprint density at radius 2 is 1.13 bits per heavy atom. The van der Waals surface area contributed by atoms with Crippen LogP contribution in [0.1, 0.15) is 0 Å². The molecule has 0 unspecified atom stereocenters. The molecule has 2 aliphatic rings. The van der Waals surface area contributed by atoms with Crippen LogP contribution in [0, 0.1) is 0 Å². The number of aliphatic hydroxyl groups excluding tert-OH is 2. The lowest BCUT2D eigenvalue weighted by Gasteiger charge is -2.28. The van der Waals surface area contributed by atoms with E-state index in [9.17, 15) is 15.0 Å². The molecule has 2 aromatic rings. The third-order valence-corrected chi connectivity index (χ3v) is 5.86. The second-order valence-electron chi connectivity index (χ2n) is 8.13. The predicted octanol–water partition coefficient (Wildman–Crippen LogP) is -0.811. The fraction of sp³-hybridized carbons (Fsp3) is 0.667. The fourth-order valence-corrected chi connectivity index (χ4v) is 4.33. The molecule has 9 heteroatoms. The molecule has 2 aliphatic heterocycles. The van der Waals surface area contributed by atoms with E-state index in [1.54, 1.807) is 9.13 Å². The number of ether oxygens (including phenoxy) is 2. The number of fused-ring (bicyclic) bond motifs is 1. The van der Waals surface area contributed by atoms with Crippen molar-refractivity contribution in [2.45, 2.75) is 25.3 Å². The number of hydrogen-bond donors (Lipinski definition) is 2. The first kappa shape index (κ1) is 21.5. The average Bonchev–Trinajstić information content (AvgIpc) is 3.01. The zero-order chi connectivity index (χ0) is 20.9. The molecule has 166 valence electrons. The summed E-state index contributed by atoms with van der Waals surface area (Å²) in [5, 5.41) is 21.3. The van der Waals surface area contributed by atoms with Crippen LogP contribution in [0.4, 0.5) is 0 Å². The lowest BCUT2D eigenvalue weighted by Crippen LogP contribution is -2.43. The quantitative estimate of drug-likeness (QED) is 0.577. The molecule has 0 radical (unpaired) electrons. The van der Waals surface area contributed by atoms with Gasteiger partial charge in [0.15, 0.2) is 0 Å². The number of benzene rings is 1. The van der Waals surface area contributed by atoms with E-state index in [-0.39, 0.29) is 18.8 Å². The highest BCUT2D eigenvalue weighted by Gasteiger charge is 2.21. The number of β-amino-alcohol motifs (C(OH)–C–C–N with tert-alkyl or cyclic N) is 2. The fourth-order valence-electron chi connectivity index (χ4n) is 4.33. The molecule has 2 atom stereocenters. The van der Waals surface area contributed by atoms with E-state index >= 15 is 0 Å². The van der Waals surface area contributed by atoms with Gasteiger partial charge in [0.2, 0.25) is 0 Å². The number of hydrogen-bond acceptors (Lipinski definition) is 7. The number of morpholine rings is 2. The molecule has 2 N–H and O–H groups in total. The van der Waals surface area contributed by atoms with Gasteiger partial charge < -0.3 is 19.7 Å². The van der Waals surface area contributed by atoms with Gasteiger partial charge >= 0.3 is 5.69 Å². The van der Waals surface area contributed by atoms with Crippen molar-refractivity contribution in [3.63, 3.8) is 0 Å². The van der Waals surface area contributed by atoms with Crippen molar-refractivity contribution in [1.29, 1.82) is 0 Å². The van der Waals surface area contributed by atoms with E-state index in [0.29, 0.717) is 39.5 Å². The van der Waals surface area contributed by atoms with Gasteiger partial charge in [-0.3, -0.25) is 18.9 Å². The minimum atomic E-state index is -0.654. The van der Waals surface area contributed by atoms with Crippen molar-refractivity contribution in [2.24, 2.45) is 0 Å². The Bertz CT molecular complexity index is 802. The van der Waals surface area contributed by atoms with Crippen LogP contribution in [0.5, 0.6) is 0 Å². The molecule has 4 rings (SSSR count). The summed E-state index contributed by atoms with van der Waals surface area (Å²) in [7, 11) is 0. The first-order chi connectivity index (χ1) is 14.6.